The van der Waals surface area contributed by atoms with Gasteiger partial charge in [0.05, 0.1) is 32.3 Å². The first kappa shape index (κ1) is 44.5. The minimum atomic E-state index is -0.570. The standard InChI is InChI=1S/C51H51F2N7O4/c1-32-6-12-37(13-7-32)47(38-14-8-33(2)9-15-38)56-46(61)31-64-42-24-18-39(19-25-42)48(44-27-26-43(62-4)30-45(44)63-5)57-51-59-49(54-29-28-35-10-20-40(52)21-11-35)58-50(60-51)55-34(3)36-16-22-41(53)23-17-36/h6-27,30,34,47-48H,28-29,31H2,1-5H3,(H,56,61)(H3,54,55,57,58,59,60). The van der Waals surface area contributed by atoms with Crippen molar-refractivity contribution in [2.24, 2.45) is 0 Å². The number of benzene rings is 6. The van der Waals surface area contributed by atoms with Crippen molar-refractivity contribution < 1.29 is 27.8 Å². The van der Waals surface area contributed by atoms with Crippen LogP contribution in [0.3, 0.4) is 0 Å². The highest BCUT2D eigenvalue weighted by atomic mass is 19.1. The lowest BCUT2D eigenvalue weighted by Gasteiger charge is -2.23. The van der Waals surface area contributed by atoms with E-state index in [1.54, 1.807) is 56.7 Å². The third-order valence-corrected chi connectivity index (χ3v) is 10.7. The number of halogens is 2. The van der Waals surface area contributed by atoms with Crippen LogP contribution in [0.15, 0.2) is 140 Å². The number of anilines is 3. The number of amides is 1. The Morgan fingerprint density at radius 2 is 1.11 bits per heavy atom. The molecule has 7 rings (SSSR count). The second kappa shape index (κ2) is 21.0. The van der Waals surface area contributed by atoms with Crippen LogP contribution in [0.4, 0.5) is 26.6 Å². The lowest BCUT2D eigenvalue weighted by molar-refractivity contribution is -0.123. The average molecular weight is 864 g/mol. The number of hydrogen-bond donors (Lipinski definition) is 4. The molecule has 13 heteroatoms. The molecule has 0 aliphatic rings. The lowest BCUT2D eigenvalue weighted by Crippen LogP contribution is -2.33. The zero-order chi connectivity index (χ0) is 45.0. The van der Waals surface area contributed by atoms with E-state index in [1.165, 1.54) is 24.3 Å². The van der Waals surface area contributed by atoms with Crippen molar-refractivity contribution in [2.45, 2.75) is 45.3 Å². The number of aromatic nitrogens is 3. The van der Waals surface area contributed by atoms with E-state index in [1.807, 2.05) is 93.6 Å². The fraction of sp³-hybridized carbons (Fsp3) is 0.216. The monoisotopic (exact) mass is 863 g/mol. The summed E-state index contributed by atoms with van der Waals surface area (Å²) in [5.41, 5.74) is 7.54. The van der Waals surface area contributed by atoms with Gasteiger partial charge >= 0.3 is 0 Å². The molecule has 0 spiro atoms. The van der Waals surface area contributed by atoms with E-state index in [2.05, 4.69) is 26.3 Å². The summed E-state index contributed by atoms with van der Waals surface area (Å²) in [6.07, 6.45) is 0.589. The van der Waals surface area contributed by atoms with E-state index in [0.717, 1.165) is 44.5 Å². The van der Waals surface area contributed by atoms with Crippen LogP contribution in [0.1, 0.15) is 69.6 Å². The Labute approximate surface area is 372 Å². The number of carbonyl (C=O) groups excluding carboxylic acids is 1. The molecule has 0 bridgehead atoms. The number of carbonyl (C=O) groups is 1. The van der Waals surface area contributed by atoms with Crippen LogP contribution in [-0.4, -0.2) is 48.2 Å². The van der Waals surface area contributed by atoms with Crippen molar-refractivity contribution in [3.8, 4) is 17.2 Å². The van der Waals surface area contributed by atoms with Crippen molar-refractivity contribution in [2.75, 3.05) is 43.3 Å². The molecule has 6 aromatic carbocycles. The molecule has 2 atom stereocenters. The van der Waals surface area contributed by atoms with E-state index >= 15 is 0 Å². The molecule has 4 N–H and O–H groups in total. The van der Waals surface area contributed by atoms with Crippen LogP contribution in [0.25, 0.3) is 0 Å². The normalized spacial score (nSPS) is 11.9. The summed E-state index contributed by atoms with van der Waals surface area (Å²) in [6, 6.07) is 40.5. The van der Waals surface area contributed by atoms with E-state index in [4.69, 9.17) is 24.2 Å². The van der Waals surface area contributed by atoms with Gasteiger partial charge in [-0.15, -0.1) is 0 Å². The zero-order valence-electron chi connectivity index (χ0n) is 36.4. The molecule has 11 nitrogen and oxygen atoms in total. The second-order valence-electron chi connectivity index (χ2n) is 15.4. The topological polar surface area (TPSA) is 132 Å². The Balaban J connectivity index is 1.13. The van der Waals surface area contributed by atoms with Crippen LogP contribution in [0, 0.1) is 25.5 Å². The van der Waals surface area contributed by atoms with Gasteiger partial charge in [-0.1, -0.05) is 96.1 Å². The molecule has 328 valence electrons. The van der Waals surface area contributed by atoms with E-state index in [0.29, 0.717) is 36.2 Å². The molecule has 0 saturated heterocycles. The predicted octanol–water partition coefficient (Wildman–Crippen LogP) is 10.1. The summed E-state index contributed by atoms with van der Waals surface area (Å²) >= 11 is 0. The maximum absolute atomic E-state index is 13.8. The number of ether oxygens (including phenoxy) is 3. The quantitative estimate of drug-likeness (QED) is 0.0623. The van der Waals surface area contributed by atoms with Crippen LogP contribution < -0.4 is 35.5 Å². The maximum Gasteiger partial charge on any atom is 0.258 e. The largest absolute Gasteiger partial charge is 0.497 e. The molecule has 0 aliphatic heterocycles. The maximum atomic E-state index is 13.8. The van der Waals surface area contributed by atoms with Crippen molar-refractivity contribution in [1.82, 2.24) is 20.3 Å². The number of rotatable bonds is 19. The molecule has 0 radical (unpaired) electrons. The summed E-state index contributed by atoms with van der Waals surface area (Å²) in [7, 11) is 3.18. The first-order valence-corrected chi connectivity index (χ1v) is 20.9. The van der Waals surface area contributed by atoms with Crippen molar-refractivity contribution in [3.63, 3.8) is 0 Å². The van der Waals surface area contributed by atoms with E-state index in [-0.39, 0.29) is 48.1 Å². The summed E-state index contributed by atoms with van der Waals surface area (Å²) in [6.45, 7) is 6.24. The zero-order valence-corrected chi connectivity index (χ0v) is 36.4. The van der Waals surface area contributed by atoms with Gasteiger partial charge in [-0.25, -0.2) is 8.78 Å². The molecule has 64 heavy (non-hydrogen) atoms. The van der Waals surface area contributed by atoms with Crippen molar-refractivity contribution >= 4 is 23.8 Å². The molecule has 2 unspecified atom stereocenters. The Morgan fingerprint density at radius 1 is 0.594 bits per heavy atom. The number of hydrogen-bond acceptors (Lipinski definition) is 10. The Bertz CT molecular complexity index is 2570. The number of methoxy groups -OCH3 is 2. The fourth-order valence-corrected chi connectivity index (χ4v) is 7.09. The van der Waals surface area contributed by atoms with Gasteiger partial charge in [0.1, 0.15) is 28.9 Å². The molecule has 0 fully saturated rings. The van der Waals surface area contributed by atoms with Crippen LogP contribution in [0.2, 0.25) is 0 Å². The molecular weight excluding hydrogens is 813 g/mol. The molecule has 1 aromatic heterocycles. The van der Waals surface area contributed by atoms with Crippen LogP contribution in [-0.2, 0) is 11.2 Å². The molecule has 1 amide bonds. The van der Waals surface area contributed by atoms with Gasteiger partial charge in [-0.2, -0.15) is 15.0 Å². The van der Waals surface area contributed by atoms with Crippen LogP contribution >= 0.6 is 0 Å². The predicted molar refractivity (Wildman–Crippen MR) is 246 cm³/mol. The van der Waals surface area contributed by atoms with Crippen molar-refractivity contribution in [1.29, 1.82) is 0 Å². The number of aryl methyl sites for hydroxylation is 2. The highest BCUT2D eigenvalue weighted by Crippen LogP contribution is 2.36. The lowest BCUT2D eigenvalue weighted by atomic mass is 9.97. The van der Waals surface area contributed by atoms with Gasteiger partial charge in [-0.3, -0.25) is 4.79 Å². The summed E-state index contributed by atoms with van der Waals surface area (Å²) in [4.78, 5) is 27.6. The molecule has 7 aromatic rings. The van der Waals surface area contributed by atoms with Crippen molar-refractivity contribution in [3.05, 3.63) is 196 Å². The summed E-state index contributed by atoms with van der Waals surface area (Å²) < 4.78 is 44.8. The summed E-state index contributed by atoms with van der Waals surface area (Å²) in [5, 5.41) is 13.3. The molecule has 1 heterocycles. The third kappa shape index (κ3) is 11.9. The highest BCUT2D eigenvalue weighted by Gasteiger charge is 2.23. The first-order chi connectivity index (χ1) is 31.0. The number of nitrogens with zero attached hydrogens (tertiary/aromatic N) is 3. The molecule has 0 saturated carbocycles. The van der Waals surface area contributed by atoms with Gasteiger partial charge in [0, 0.05) is 18.2 Å². The average Bonchev–Trinajstić information content (AvgIpc) is 3.31. The van der Waals surface area contributed by atoms with Crippen LogP contribution in [0.5, 0.6) is 17.2 Å². The Kier molecular flexibility index (Phi) is 14.6. The second-order valence-corrected chi connectivity index (χ2v) is 15.4. The SMILES string of the molecule is COc1ccc(C(Nc2nc(NCCc3ccc(F)cc3)nc(NC(C)c3ccc(F)cc3)n2)c2ccc(OCC(=O)NC(c3ccc(C)cc3)c3ccc(C)cc3)cc2)c(OC)c1. The Hall–Kier alpha value is -7.54. The summed E-state index contributed by atoms with van der Waals surface area (Å²) in [5.74, 6) is 1.57. The molecular formula is C51H51F2N7O4. The minimum absolute atomic E-state index is 0.199. The molecule has 0 aliphatic carbocycles. The number of nitrogens with one attached hydrogen (secondary N) is 4. The van der Waals surface area contributed by atoms with Gasteiger partial charge in [0.25, 0.3) is 5.91 Å². The van der Waals surface area contributed by atoms with E-state index in [9.17, 15) is 13.6 Å². The fourth-order valence-electron chi connectivity index (χ4n) is 7.09. The Morgan fingerprint density at radius 3 is 1.70 bits per heavy atom. The van der Waals surface area contributed by atoms with Gasteiger partial charge < -0.3 is 35.5 Å². The van der Waals surface area contributed by atoms with E-state index < -0.39 is 6.04 Å². The smallest absolute Gasteiger partial charge is 0.258 e. The third-order valence-electron chi connectivity index (χ3n) is 10.7. The van der Waals surface area contributed by atoms with Gasteiger partial charge in [-0.05, 0) is 104 Å². The first-order valence-electron chi connectivity index (χ1n) is 20.9. The highest BCUT2D eigenvalue weighted by molar-refractivity contribution is 5.78. The van der Waals surface area contributed by atoms with Gasteiger partial charge in [0.2, 0.25) is 17.8 Å². The minimum Gasteiger partial charge on any atom is -0.497 e. The van der Waals surface area contributed by atoms with Gasteiger partial charge in [0.15, 0.2) is 6.61 Å².